The highest BCUT2D eigenvalue weighted by atomic mass is 32.2. The molecule has 0 saturated heterocycles. The Bertz CT molecular complexity index is 1460. The van der Waals surface area contributed by atoms with Gasteiger partial charge in [-0.15, -0.1) is 0 Å². The maximum atomic E-state index is 13.7. The lowest BCUT2D eigenvalue weighted by Crippen LogP contribution is -2.16. The van der Waals surface area contributed by atoms with Crippen molar-refractivity contribution in [3.05, 3.63) is 89.7 Å². The van der Waals surface area contributed by atoms with Crippen LogP contribution in [0.5, 0.6) is 0 Å². The van der Waals surface area contributed by atoms with Gasteiger partial charge in [0, 0.05) is 61.1 Å². The predicted octanol–water partition coefficient (Wildman–Crippen LogP) is 7.14. The molecule has 1 N–H and O–H groups in total. The Morgan fingerprint density at radius 3 is 2.42 bits per heavy atom. The lowest BCUT2D eigenvalue weighted by Gasteiger charge is -2.23. The summed E-state index contributed by atoms with van der Waals surface area (Å²) in [6.45, 7) is 2.79. The van der Waals surface area contributed by atoms with Crippen molar-refractivity contribution in [1.82, 2.24) is 9.29 Å². The summed E-state index contributed by atoms with van der Waals surface area (Å²) >= 11 is 1.50. The molecular weight excluding hydrogens is 511 g/mol. The van der Waals surface area contributed by atoms with Gasteiger partial charge in [0.05, 0.1) is 12.0 Å². The zero-order valence-corrected chi connectivity index (χ0v) is 22.1. The first-order chi connectivity index (χ1) is 18.1. The molecule has 0 amide bonds. The van der Waals surface area contributed by atoms with Gasteiger partial charge in [-0.25, -0.2) is 4.31 Å². The van der Waals surface area contributed by atoms with Crippen LogP contribution in [-0.4, -0.2) is 41.0 Å². The van der Waals surface area contributed by atoms with Crippen molar-refractivity contribution in [3.8, 4) is 11.1 Å². The van der Waals surface area contributed by atoms with Crippen LogP contribution in [0, 0.1) is 0 Å². The number of nitrogens with zero attached hydrogens (tertiary/aromatic N) is 3. The van der Waals surface area contributed by atoms with Crippen molar-refractivity contribution in [2.45, 2.75) is 31.0 Å². The largest absolute Gasteiger partial charge is 0.481 e. The molecule has 3 aromatic carbocycles. The summed E-state index contributed by atoms with van der Waals surface area (Å²) in [5.41, 5.74) is 2.49. The Labute approximate surface area is 224 Å². The van der Waals surface area contributed by atoms with E-state index in [9.17, 15) is 18.0 Å². The fraction of sp³-hybridized carbons (Fsp3) is 0.241. The summed E-state index contributed by atoms with van der Waals surface area (Å²) in [5.74, 6) is -1.00. The number of alkyl halides is 3. The third-order valence-electron chi connectivity index (χ3n) is 6.16. The molecule has 0 aliphatic carbocycles. The van der Waals surface area contributed by atoms with Crippen LogP contribution >= 0.6 is 11.9 Å². The number of anilines is 1. The molecule has 0 bridgehead atoms. The maximum Gasteiger partial charge on any atom is 0.416 e. The number of pyridine rings is 1. The Kier molecular flexibility index (Phi) is 8.28. The van der Waals surface area contributed by atoms with E-state index in [0.29, 0.717) is 28.8 Å². The topological polar surface area (TPSA) is 56.7 Å². The molecule has 0 radical (unpaired) electrons. The second-order valence-corrected chi connectivity index (χ2v) is 10.2. The van der Waals surface area contributed by atoms with Gasteiger partial charge in [-0.05, 0) is 64.4 Å². The van der Waals surface area contributed by atoms with Gasteiger partial charge in [0.15, 0.2) is 0 Å². The van der Waals surface area contributed by atoms with Crippen LogP contribution in [0.2, 0.25) is 0 Å². The predicted molar refractivity (Wildman–Crippen MR) is 146 cm³/mol. The minimum absolute atomic E-state index is 0.218. The van der Waals surface area contributed by atoms with Gasteiger partial charge >= 0.3 is 12.1 Å². The van der Waals surface area contributed by atoms with E-state index in [1.807, 2.05) is 49.6 Å². The van der Waals surface area contributed by atoms with E-state index in [1.165, 1.54) is 30.3 Å². The molecule has 0 saturated carbocycles. The van der Waals surface area contributed by atoms with E-state index in [1.54, 1.807) is 12.3 Å². The average molecular weight is 540 g/mol. The molecule has 0 atom stereocenters. The van der Waals surface area contributed by atoms with E-state index in [-0.39, 0.29) is 13.0 Å². The Hall–Kier alpha value is -3.56. The Morgan fingerprint density at radius 2 is 1.74 bits per heavy atom. The first kappa shape index (κ1) is 27.5. The number of fused-ring (bicyclic) bond motifs is 1. The third kappa shape index (κ3) is 6.28. The van der Waals surface area contributed by atoms with E-state index in [0.717, 1.165) is 27.4 Å². The van der Waals surface area contributed by atoms with Gasteiger partial charge in [0.25, 0.3) is 0 Å². The van der Waals surface area contributed by atoms with Gasteiger partial charge in [-0.3, -0.25) is 9.78 Å². The number of benzene rings is 3. The summed E-state index contributed by atoms with van der Waals surface area (Å²) in [5, 5.41) is 11.3. The lowest BCUT2D eigenvalue weighted by molar-refractivity contribution is -0.138. The van der Waals surface area contributed by atoms with Crippen LogP contribution in [0.3, 0.4) is 0 Å². The summed E-state index contributed by atoms with van der Waals surface area (Å²) in [4.78, 5) is 18.4. The van der Waals surface area contributed by atoms with Crippen LogP contribution in [-0.2, 0) is 23.9 Å². The van der Waals surface area contributed by atoms with E-state index in [4.69, 9.17) is 5.11 Å². The van der Waals surface area contributed by atoms with Gasteiger partial charge in [-0.2, -0.15) is 13.2 Å². The molecule has 198 valence electrons. The standard InChI is InChI=1S/C29H28F3N3O2S/c1-4-35(38-27-10-6-7-24-25(27)8-5-9-26(24)34(2)3)18-21-15-22(29(30,31)32)11-12-23(21)20-13-19(14-28(36)37)16-33-17-20/h5-13,15-17H,4,14,18H2,1-3H3,(H,36,37). The second-order valence-electron chi connectivity index (χ2n) is 9.09. The van der Waals surface area contributed by atoms with Crippen LogP contribution in [0.15, 0.2) is 78.0 Å². The zero-order valence-electron chi connectivity index (χ0n) is 21.3. The molecule has 5 nitrogen and oxygen atoms in total. The summed E-state index contributed by atoms with van der Waals surface area (Å²) in [6, 6.07) is 17.5. The van der Waals surface area contributed by atoms with Gasteiger partial charge in [-0.1, -0.05) is 37.3 Å². The fourth-order valence-corrected chi connectivity index (χ4v) is 5.39. The molecule has 9 heteroatoms. The number of aliphatic carboxylic acids is 1. The normalized spacial score (nSPS) is 11.8. The molecule has 0 aliphatic rings. The SMILES string of the molecule is CCN(Cc1cc(C(F)(F)F)ccc1-c1cncc(CC(=O)O)c1)Sc1cccc2c(N(C)C)cccc12. The Balaban J connectivity index is 1.73. The number of carboxylic acid groups (broad SMARTS) is 1. The van der Waals surface area contributed by atoms with Crippen molar-refractivity contribution >= 4 is 34.4 Å². The average Bonchev–Trinajstić information content (AvgIpc) is 2.87. The number of carboxylic acids is 1. The van der Waals surface area contributed by atoms with Gasteiger partial charge in [0.1, 0.15) is 0 Å². The smallest absolute Gasteiger partial charge is 0.416 e. The number of hydrogen-bond acceptors (Lipinski definition) is 5. The first-order valence-corrected chi connectivity index (χ1v) is 12.8. The highest BCUT2D eigenvalue weighted by Crippen LogP contribution is 2.38. The third-order valence-corrected chi connectivity index (χ3v) is 7.36. The summed E-state index contributed by atoms with van der Waals surface area (Å²) in [7, 11) is 3.98. The highest BCUT2D eigenvalue weighted by molar-refractivity contribution is 7.97. The van der Waals surface area contributed by atoms with Crippen molar-refractivity contribution in [3.63, 3.8) is 0 Å². The molecule has 4 aromatic rings. The van der Waals surface area contributed by atoms with Crippen LogP contribution in [0.25, 0.3) is 21.9 Å². The molecule has 38 heavy (non-hydrogen) atoms. The second kappa shape index (κ2) is 11.4. The maximum absolute atomic E-state index is 13.7. The molecular formula is C29H28F3N3O2S. The van der Waals surface area contributed by atoms with Crippen LogP contribution in [0.4, 0.5) is 18.9 Å². The minimum atomic E-state index is -4.49. The molecule has 0 aliphatic heterocycles. The fourth-order valence-electron chi connectivity index (χ4n) is 4.36. The van der Waals surface area contributed by atoms with Crippen molar-refractivity contribution < 1.29 is 23.1 Å². The number of halogens is 3. The molecule has 0 fully saturated rings. The van der Waals surface area contributed by atoms with Crippen molar-refractivity contribution in [2.75, 3.05) is 25.5 Å². The van der Waals surface area contributed by atoms with E-state index >= 15 is 0 Å². The molecule has 4 rings (SSSR count). The van der Waals surface area contributed by atoms with Crippen LogP contribution in [0.1, 0.15) is 23.6 Å². The molecule has 0 unspecified atom stereocenters. The Morgan fingerprint density at radius 1 is 1.00 bits per heavy atom. The monoisotopic (exact) mass is 539 g/mol. The molecule has 1 aromatic heterocycles. The zero-order chi connectivity index (χ0) is 27.4. The van der Waals surface area contributed by atoms with E-state index in [2.05, 4.69) is 22.0 Å². The quantitative estimate of drug-likeness (QED) is 0.228. The summed E-state index contributed by atoms with van der Waals surface area (Å²) in [6.07, 6.45) is -1.70. The number of hydrogen-bond donors (Lipinski definition) is 1. The van der Waals surface area contributed by atoms with Crippen molar-refractivity contribution in [1.29, 1.82) is 0 Å². The lowest BCUT2D eigenvalue weighted by atomic mass is 9.97. The van der Waals surface area contributed by atoms with Crippen LogP contribution < -0.4 is 4.90 Å². The van der Waals surface area contributed by atoms with Crippen molar-refractivity contribution in [2.24, 2.45) is 0 Å². The van der Waals surface area contributed by atoms with Gasteiger partial charge < -0.3 is 10.0 Å². The summed E-state index contributed by atoms with van der Waals surface area (Å²) < 4.78 is 43.0. The van der Waals surface area contributed by atoms with E-state index < -0.39 is 17.7 Å². The first-order valence-electron chi connectivity index (χ1n) is 12.0. The minimum Gasteiger partial charge on any atom is -0.481 e. The number of aromatic nitrogens is 1. The molecule has 0 spiro atoms. The molecule has 1 heterocycles. The number of rotatable bonds is 9. The van der Waals surface area contributed by atoms with Gasteiger partial charge in [0.2, 0.25) is 0 Å². The highest BCUT2D eigenvalue weighted by Gasteiger charge is 2.31. The number of carbonyl (C=O) groups is 1.